The van der Waals surface area contributed by atoms with E-state index in [0.29, 0.717) is 22.7 Å². The summed E-state index contributed by atoms with van der Waals surface area (Å²) >= 11 is 0. The van der Waals surface area contributed by atoms with Crippen molar-refractivity contribution in [2.24, 2.45) is 0 Å². The van der Waals surface area contributed by atoms with Crippen LogP contribution in [0.25, 0.3) is 11.5 Å². The molecule has 0 unspecified atom stereocenters. The number of carbonyl (C=O) groups is 1. The summed E-state index contributed by atoms with van der Waals surface area (Å²) in [5, 5.41) is 9.53. The molecule has 0 saturated heterocycles. The molecule has 3 rings (SSSR count). The highest BCUT2D eigenvalue weighted by atomic mass is 16.3. The molecule has 0 aliphatic rings. The molecule has 0 saturated carbocycles. The summed E-state index contributed by atoms with van der Waals surface area (Å²) in [6, 6.07) is 7.05. The van der Waals surface area contributed by atoms with E-state index in [1.165, 1.54) is 6.20 Å². The Bertz CT molecular complexity index is 777. The van der Waals surface area contributed by atoms with Crippen LogP contribution in [-0.2, 0) is 0 Å². The van der Waals surface area contributed by atoms with Gasteiger partial charge in [-0.15, -0.1) is 0 Å². The lowest BCUT2D eigenvalue weighted by molar-refractivity contribution is 0.102. The monoisotopic (exact) mass is 297 g/mol. The number of furan rings is 1. The van der Waals surface area contributed by atoms with Crippen molar-refractivity contribution in [3.05, 3.63) is 48.5 Å². The number of nitrogens with zero attached hydrogens (tertiary/aromatic N) is 3. The SMILES string of the molecule is CN(C)c1cc(NC(=O)c2cn[nH]c2-c2ccco2)ccn1. The molecular weight excluding hydrogens is 282 g/mol. The maximum Gasteiger partial charge on any atom is 0.259 e. The molecule has 0 aliphatic carbocycles. The van der Waals surface area contributed by atoms with Crippen LogP contribution in [0.3, 0.4) is 0 Å². The number of nitrogens with one attached hydrogen (secondary N) is 2. The third-order valence-electron chi connectivity index (χ3n) is 3.11. The first-order chi connectivity index (χ1) is 10.6. The third-order valence-corrected chi connectivity index (χ3v) is 3.11. The lowest BCUT2D eigenvalue weighted by Crippen LogP contribution is -2.14. The van der Waals surface area contributed by atoms with Crippen molar-refractivity contribution in [1.29, 1.82) is 0 Å². The number of carbonyl (C=O) groups excluding carboxylic acids is 1. The lowest BCUT2D eigenvalue weighted by atomic mass is 10.2. The van der Waals surface area contributed by atoms with Crippen LogP contribution in [0.1, 0.15) is 10.4 Å². The van der Waals surface area contributed by atoms with Crippen molar-refractivity contribution in [3.63, 3.8) is 0 Å². The normalized spacial score (nSPS) is 10.5. The van der Waals surface area contributed by atoms with Crippen molar-refractivity contribution in [2.45, 2.75) is 0 Å². The van der Waals surface area contributed by atoms with Gasteiger partial charge < -0.3 is 14.6 Å². The molecule has 3 aromatic rings. The Morgan fingerprint density at radius 2 is 2.23 bits per heavy atom. The summed E-state index contributed by atoms with van der Waals surface area (Å²) in [6.45, 7) is 0. The van der Waals surface area contributed by atoms with Gasteiger partial charge in [0.25, 0.3) is 5.91 Å². The summed E-state index contributed by atoms with van der Waals surface area (Å²) in [4.78, 5) is 18.5. The zero-order valence-corrected chi connectivity index (χ0v) is 12.2. The van der Waals surface area contributed by atoms with Gasteiger partial charge in [-0.2, -0.15) is 5.10 Å². The van der Waals surface area contributed by atoms with Crippen LogP contribution < -0.4 is 10.2 Å². The molecule has 0 aliphatic heterocycles. The van der Waals surface area contributed by atoms with E-state index in [1.807, 2.05) is 19.0 Å². The maximum absolute atomic E-state index is 12.4. The fourth-order valence-corrected chi connectivity index (χ4v) is 2.01. The van der Waals surface area contributed by atoms with Crippen LogP contribution in [0.15, 0.2) is 47.3 Å². The predicted octanol–water partition coefficient (Wildman–Crippen LogP) is 2.38. The van der Waals surface area contributed by atoms with Gasteiger partial charge in [0.2, 0.25) is 0 Å². The van der Waals surface area contributed by atoms with Crippen molar-refractivity contribution in [2.75, 3.05) is 24.3 Å². The van der Waals surface area contributed by atoms with Gasteiger partial charge in [0.15, 0.2) is 5.76 Å². The zero-order chi connectivity index (χ0) is 15.5. The first-order valence-electron chi connectivity index (χ1n) is 6.67. The maximum atomic E-state index is 12.4. The van der Waals surface area contributed by atoms with Crippen molar-refractivity contribution >= 4 is 17.4 Å². The number of aromatic nitrogens is 3. The molecule has 3 heterocycles. The summed E-state index contributed by atoms with van der Waals surface area (Å²) in [6.07, 6.45) is 4.67. The van der Waals surface area contributed by atoms with Gasteiger partial charge in [0.1, 0.15) is 11.5 Å². The van der Waals surface area contributed by atoms with E-state index in [9.17, 15) is 4.79 Å². The van der Waals surface area contributed by atoms with Crippen molar-refractivity contribution in [3.8, 4) is 11.5 Å². The van der Waals surface area contributed by atoms with Crippen LogP contribution in [0.5, 0.6) is 0 Å². The van der Waals surface area contributed by atoms with E-state index in [0.717, 1.165) is 5.82 Å². The highest BCUT2D eigenvalue weighted by Gasteiger charge is 2.17. The second-order valence-electron chi connectivity index (χ2n) is 4.89. The molecule has 2 N–H and O–H groups in total. The van der Waals surface area contributed by atoms with Crippen LogP contribution in [-0.4, -0.2) is 35.2 Å². The number of anilines is 2. The topological polar surface area (TPSA) is 87.0 Å². The minimum absolute atomic E-state index is 0.268. The molecule has 0 atom stereocenters. The van der Waals surface area contributed by atoms with Gasteiger partial charge in [-0.1, -0.05) is 0 Å². The molecule has 3 aromatic heterocycles. The fraction of sp³-hybridized carbons (Fsp3) is 0.133. The number of pyridine rings is 1. The number of amides is 1. The second-order valence-corrected chi connectivity index (χ2v) is 4.89. The molecule has 0 fully saturated rings. The highest BCUT2D eigenvalue weighted by Crippen LogP contribution is 2.22. The summed E-state index contributed by atoms with van der Waals surface area (Å²) in [5.41, 5.74) is 1.62. The molecule has 7 nitrogen and oxygen atoms in total. The number of aromatic amines is 1. The lowest BCUT2D eigenvalue weighted by Gasteiger charge is -2.12. The summed E-state index contributed by atoms with van der Waals surface area (Å²) in [5.74, 6) is 1.05. The predicted molar refractivity (Wildman–Crippen MR) is 82.8 cm³/mol. The van der Waals surface area contributed by atoms with Gasteiger partial charge in [-0.3, -0.25) is 9.89 Å². The van der Waals surface area contributed by atoms with Crippen molar-refractivity contribution in [1.82, 2.24) is 15.2 Å². The first-order valence-corrected chi connectivity index (χ1v) is 6.67. The quantitative estimate of drug-likeness (QED) is 0.772. The molecule has 0 spiro atoms. The van der Waals surface area contributed by atoms with E-state index in [-0.39, 0.29) is 5.91 Å². The van der Waals surface area contributed by atoms with Gasteiger partial charge in [0, 0.05) is 32.0 Å². The average molecular weight is 297 g/mol. The van der Waals surface area contributed by atoms with Gasteiger partial charge >= 0.3 is 0 Å². The number of hydrogen-bond donors (Lipinski definition) is 2. The van der Waals surface area contributed by atoms with E-state index in [4.69, 9.17) is 4.42 Å². The van der Waals surface area contributed by atoms with Crippen molar-refractivity contribution < 1.29 is 9.21 Å². The van der Waals surface area contributed by atoms with Gasteiger partial charge in [-0.05, 0) is 18.2 Å². The van der Waals surface area contributed by atoms with E-state index in [1.54, 1.807) is 36.7 Å². The van der Waals surface area contributed by atoms with Gasteiger partial charge in [-0.25, -0.2) is 4.98 Å². The number of rotatable bonds is 4. The van der Waals surface area contributed by atoms with Crippen LogP contribution in [0, 0.1) is 0 Å². The molecule has 112 valence electrons. The van der Waals surface area contributed by atoms with Gasteiger partial charge in [0.05, 0.1) is 18.0 Å². The zero-order valence-electron chi connectivity index (χ0n) is 12.2. The van der Waals surface area contributed by atoms with Crippen LogP contribution in [0.4, 0.5) is 11.5 Å². The second kappa shape index (κ2) is 5.72. The smallest absolute Gasteiger partial charge is 0.259 e. The molecule has 0 bridgehead atoms. The highest BCUT2D eigenvalue weighted by molar-refractivity contribution is 6.07. The Morgan fingerprint density at radius 3 is 2.95 bits per heavy atom. The largest absolute Gasteiger partial charge is 0.463 e. The number of hydrogen-bond acceptors (Lipinski definition) is 5. The molecular formula is C15H15N5O2. The van der Waals surface area contributed by atoms with E-state index in [2.05, 4.69) is 20.5 Å². The summed E-state index contributed by atoms with van der Waals surface area (Å²) < 4.78 is 5.30. The standard InChI is InChI=1S/C15H15N5O2/c1-20(2)13-8-10(5-6-16-13)18-15(21)11-9-17-19-14(11)12-4-3-7-22-12/h3-9H,1-2H3,(H,17,19)(H,16,18,21). The summed E-state index contributed by atoms with van der Waals surface area (Å²) in [7, 11) is 3.78. The first kappa shape index (κ1) is 13.9. The van der Waals surface area contributed by atoms with Crippen LogP contribution in [0.2, 0.25) is 0 Å². The Morgan fingerprint density at radius 1 is 1.36 bits per heavy atom. The third kappa shape index (κ3) is 2.69. The Labute approximate surface area is 127 Å². The molecule has 0 aromatic carbocycles. The Hall–Kier alpha value is -3.09. The molecule has 1 amide bonds. The Kier molecular flexibility index (Phi) is 3.61. The fourth-order valence-electron chi connectivity index (χ4n) is 2.01. The molecule has 0 radical (unpaired) electrons. The minimum atomic E-state index is -0.268. The Balaban J connectivity index is 1.84. The molecule has 22 heavy (non-hydrogen) atoms. The van der Waals surface area contributed by atoms with E-state index >= 15 is 0 Å². The molecule has 7 heteroatoms. The average Bonchev–Trinajstić information content (AvgIpc) is 3.18. The van der Waals surface area contributed by atoms with E-state index < -0.39 is 0 Å². The minimum Gasteiger partial charge on any atom is -0.463 e. The van der Waals surface area contributed by atoms with Crippen LogP contribution >= 0.6 is 0 Å². The number of H-pyrrole nitrogens is 1.